The van der Waals surface area contributed by atoms with Gasteiger partial charge in [-0.05, 0) is 34.4 Å². The van der Waals surface area contributed by atoms with E-state index in [1.807, 2.05) is 72.0 Å². The van der Waals surface area contributed by atoms with Gasteiger partial charge in [-0.2, -0.15) is 0 Å². The highest BCUT2D eigenvalue weighted by atomic mass is 32.1. The van der Waals surface area contributed by atoms with Crippen LogP contribution in [0.5, 0.6) is 0 Å². The minimum Gasteiger partial charge on any atom is -0.246 e. The first-order valence-corrected chi connectivity index (χ1v) is 19.1. The number of hydrogen-bond acceptors (Lipinski definition) is 5. The van der Waals surface area contributed by atoms with Gasteiger partial charge in [0.1, 0.15) is 0 Å². The summed E-state index contributed by atoms with van der Waals surface area (Å²) in [6.07, 6.45) is 0. The van der Waals surface area contributed by atoms with Crippen molar-refractivity contribution in [3.05, 3.63) is 194 Å². The van der Waals surface area contributed by atoms with Crippen molar-refractivity contribution in [2.24, 2.45) is 0 Å². The lowest BCUT2D eigenvalue weighted by atomic mass is 9.93. The molecule has 258 valence electrons. The predicted molar refractivity (Wildman–Crippen MR) is 229 cm³/mol. The van der Waals surface area contributed by atoms with Crippen molar-refractivity contribution in [3.8, 4) is 78.1 Å². The highest BCUT2D eigenvalue weighted by molar-refractivity contribution is 7.23. The van der Waals surface area contributed by atoms with E-state index in [1.54, 1.807) is 0 Å². The lowest BCUT2D eigenvalue weighted by molar-refractivity contribution is 1.07. The van der Waals surface area contributed by atoms with Crippen molar-refractivity contribution in [2.75, 3.05) is 0 Å². The first-order chi connectivity index (χ1) is 27.3. The van der Waals surface area contributed by atoms with Gasteiger partial charge in [0, 0.05) is 43.5 Å². The second kappa shape index (κ2) is 14.0. The summed E-state index contributed by atoms with van der Waals surface area (Å²) in [6.45, 7) is 0. The molecule has 0 N–H and O–H groups in total. The van der Waals surface area contributed by atoms with Gasteiger partial charge in [0.2, 0.25) is 0 Å². The molecule has 10 aromatic rings. The minimum atomic E-state index is 0.632. The Labute approximate surface area is 323 Å². The standard InChI is InChI=1S/C50H32N4S/c1-5-16-33(17-6-1)39-24-15-25-40(32-39)43-44-41-26-13-14-27-42(41)51-45(34-18-7-2-8-19-34)47(44)55-46(43)35-28-30-38(31-29-35)50-53-48(36-20-9-3-10-21-36)52-49(54-50)37-22-11-4-12-23-37/h1-32H. The Morgan fingerprint density at radius 3 is 1.38 bits per heavy atom. The lowest BCUT2D eigenvalue weighted by Crippen LogP contribution is -2.00. The van der Waals surface area contributed by atoms with E-state index in [0.29, 0.717) is 17.5 Å². The molecule has 5 heteroatoms. The molecule has 0 aliphatic carbocycles. The Bertz CT molecular complexity index is 2890. The Kier molecular flexibility index (Phi) is 8.32. The van der Waals surface area contributed by atoms with Crippen molar-refractivity contribution >= 4 is 32.3 Å². The van der Waals surface area contributed by atoms with E-state index in [0.717, 1.165) is 44.4 Å². The molecule has 0 bridgehead atoms. The zero-order valence-corrected chi connectivity index (χ0v) is 30.5. The topological polar surface area (TPSA) is 51.6 Å². The molecule has 10 rings (SSSR count). The summed E-state index contributed by atoms with van der Waals surface area (Å²) in [4.78, 5) is 21.4. The molecular weight excluding hydrogens is 689 g/mol. The van der Waals surface area contributed by atoms with Crippen LogP contribution in [0.25, 0.3) is 99.1 Å². The maximum atomic E-state index is 5.29. The quantitative estimate of drug-likeness (QED) is 0.164. The summed E-state index contributed by atoms with van der Waals surface area (Å²) in [5.41, 5.74) is 11.8. The van der Waals surface area contributed by atoms with Crippen LogP contribution < -0.4 is 0 Å². The Hall–Kier alpha value is -7.08. The third kappa shape index (κ3) is 6.17. The van der Waals surface area contributed by atoms with Crippen LogP contribution in [-0.2, 0) is 0 Å². The molecule has 4 nitrogen and oxygen atoms in total. The first-order valence-electron chi connectivity index (χ1n) is 18.3. The SMILES string of the molecule is c1ccc(-c2cccc(-c3c(-c4ccc(-c5nc(-c6ccccc6)nc(-c6ccccc6)n5)cc4)sc4c(-c5ccccc5)nc5ccccc5c34)c2)cc1. The summed E-state index contributed by atoms with van der Waals surface area (Å²) >= 11 is 1.81. The molecule has 0 aliphatic heterocycles. The van der Waals surface area contributed by atoms with Gasteiger partial charge in [-0.25, -0.2) is 19.9 Å². The number of rotatable bonds is 7. The van der Waals surface area contributed by atoms with Gasteiger partial charge in [-0.3, -0.25) is 0 Å². The smallest absolute Gasteiger partial charge is 0.164 e. The largest absolute Gasteiger partial charge is 0.246 e. The van der Waals surface area contributed by atoms with Gasteiger partial charge in [0.15, 0.2) is 17.5 Å². The molecule has 0 atom stereocenters. The minimum absolute atomic E-state index is 0.632. The van der Waals surface area contributed by atoms with Crippen LogP contribution in [0.4, 0.5) is 0 Å². The van der Waals surface area contributed by atoms with Crippen molar-refractivity contribution < 1.29 is 0 Å². The third-order valence-corrected chi connectivity index (χ3v) is 11.2. The van der Waals surface area contributed by atoms with Crippen LogP contribution in [-0.4, -0.2) is 19.9 Å². The van der Waals surface area contributed by atoms with Gasteiger partial charge in [0.25, 0.3) is 0 Å². The molecule has 0 saturated heterocycles. The Balaban J connectivity index is 1.18. The molecule has 0 radical (unpaired) electrons. The number of thiophene rings is 1. The summed E-state index contributed by atoms with van der Waals surface area (Å²) in [6, 6.07) is 67.5. The summed E-state index contributed by atoms with van der Waals surface area (Å²) in [5.74, 6) is 1.92. The van der Waals surface area contributed by atoms with E-state index in [2.05, 4.69) is 133 Å². The van der Waals surface area contributed by atoms with E-state index in [9.17, 15) is 0 Å². The average molecular weight is 721 g/mol. The van der Waals surface area contributed by atoms with Crippen LogP contribution in [0, 0.1) is 0 Å². The maximum Gasteiger partial charge on any atom is 0.164 e. The van der Waals surface area contributed by atoms with Gasteiger partial charge >= 0.3 is 0 Å². The van der Waals surface area contributed by atoms with E-state index >= 15 is 0 Å². The Morgan fingerprint density at radius 2 is 0.782 bits per heavy atom. The highest BCUT2D eigenvalue weighted by Crippen LogP contribution is 2.50. The fourth-order valence-electron chi connectivity index (χ4n) is 7.27. The lowest BCUT2D eigenvalue weighted by Gasteiger charge is -2.12. The van der Waals surface area contributed by atoms with E-state index < -0.39 is 0 Å². The zero-order chi connectivity index (χ0) is 36.6. The fourth-order valence-corrected chi connectivity index (χ4v) is 8.63. The van der Waals surface area contributed by atoms with E-state index in [1.165, 1.54) is 37.2 Å². The molecule has 55 heavy (non-hydrogen) atoms. The maximum absolute atomic E-state index is 5.29. The van der Waals surface area contributed by atoms with E-state index in [4.69, 9.17) is 19.9 Å². The molecule has 7 aromatic carbocycles. The Morgan fingerprint density at radius 1 is 0.327 bits per heavy atom. The summed E-state index contributed by atoms with van der Waals surface area (Å²) < 4.78 is 1.17. The van der Waals surface area contributed by atoms with Crippen LogP contribution in [0.3, 0.4) is 0 Å². The summed E-state index contributed by atoms with van der Waals surface area (Å²) in [7, 11) is 0. The molecule has 3 aromatic heterocycles. The van der Waals surface area contributed by atoms with Crippen LogP contribution in [0.2, 0.25) is 0 Å². The summed E-state index contributed by atoms with van der Waals surface area (Å²) in [5, 5.41) is 2.36. The zero-order valence-electron chi connectivity index (χ0n) is 29.7. The fraction of sp³-hybridized carbons (Fsp3) is 0. The van der Waals surface area contributed by atoms with E-state index in [-0.39, 0.29) is 0 Å². The number of nitrogens with zero attached hydrogens (tertiary/aromatic N) is 4. The van der Waals surface area contributed by atoms with Gasteiger partial charge in [0.05, 0.1) is 15.9 Å². The average Bonchev–Trinajstić information content (AvgIpc) is 3.68. The second-order valence-corrected chi connectivity index (χ2v) is 14.4. The number of para-hydroxylation sites is 1. The van der Waals surface area contributed by atoms with Gasteiger partial charge in [-0.1, -0.05) is 182 Å². The number of fused-ring (bicyclic) bond motifs is 3. The van der Waals surface area contributed by atoms with Crippen LogP contribution in [0.1, 0.15) is 0 Å². The number of aromatic nitrogens is 4. The van der Waals surface area contributed by atoms with Crippen molar-refractivity contribution in [2.45, 2.75) is 0 Å². The molecule has 0 amide bonds. The normalized spacial score (nSPS) is 11.3. The second-order valence-electron chi connectivity index (χ2n) is 13.4. The number of benzene rings is 7. The number of hydrogen-bond donors (Lipinski definition) is 0. The van der Waals surface area contributed by atoms with Crippen molar-refractivity contribution in [3.63, 3.8) is 0 Å². The molecule has 0 unspecified atom stereocenters. The molecule has 0 spiro atoms. The van der Waals surface area contributed by atoms with Gasteiger partial charge in [-0.15, -0.1) is 11.3 Å². The monoisotopic (exact) mass is 720 g/mol. The highest BCUT2D eigenvalue weighted by Gasteiger charge is 2.23. The first kappa shape index (κ1) is 32.6. The van der Waals surface area contributed by atoms with Gasteiger partial charge < -0.3 is 0 Å². The predicted octanol–water partition coefficient (Wildman–Crippen LogP) is 13.3. The van der Waals surface area contributed by atoms with Crippen LogP contribution in [0.15, 0.2) is 194 Å². The molecule has 0 fully saturated rings. The molecule has 0 aliphatic rings. The molecular formula is C50H32N4S. The third-order valence-electron chi connectivity index (χ3n) is 9.94. The van der Waals surface area contributed by atoms with Crippen molar-refractivity contribution in [1.29, 1.82) is 0 Å². The number of pyridine rings is 1. The molecule has 0 saturated carbocycles. The molecule has 3 heterocycles. The van der Waals surface area contributed by atoms with Crippen molar-refractivity contribution in [1.82, 2.24) is 19.9 Å². The van der Waals surface area contributed by atoms with Crippen LogP contribution >= 0.6 is 11.3 Å².